The lowest BCUT2D eigenvalue weighted by Crippen LogP contribution is -2.06. The molecule has 2 nitrogen and oxygen atoms in total. The molecule has 0 bridgehead atoms. The fourth-order valence-electron chi connectivity index (χ4n) is 1.32. The van der Waals surface area contributed by atoms with Gasteiger partial charge >= 0.3 is 0 Å². The number of nitrogens with zero attached hydrogens (tertiary/aromatic N) is 1. The Bertz CT molecular complexity index is 621. The summed E-state index contributed by atoms with van der Waals surface area (Å²) in [6, 6.07) is 3.55. The second-order valence-electron chi connectivity index (χ2n) is 3.45. The quantitative estimate of drug-likeness (QED) is 0.653. The van der Waals surface area contributed by atoms with E-state index in [9.17, 15) is 22.0 Å². The van der Waals surface area contributed by atoms with E-state index in [1.54, 1.807) is 0 Å². The number of aromatic nitrogens is 1. The minimum Gasteiger partial charge on any atom is -0.348 e. The van der Waals surface area contributed by atoms with E-state index in [-0.39, 0.29) is 5.69 Å². The summed E-state index contributed by atoms with van der Waals surface area (Å²) in [7, 11) is 0. The Morgan fingerprint density at radius 2 is 1.53 bits per heavy atom. The maximum Gasteiger partial charge on any atom is 0.253 e. The molecule has 0 atom stereocenters. The molecule has 2 rings (SSSR count). The van der Waals surface area contributed by atoms with Gasteiger partial charge in [-0.25, -0.2) is 4.39 Å². The Hall–Kier alpha value is -1.70. The van der Waals surface area contributed by atoms with Gasteiger partial charge in [0.1, 0.15) is 11.5 Å². The molecule has 0 amide bonds. The van der Waals surface area contributed by atoms with Crippen LogP contribution >= 0.6 is 15.9 Å². The number of hydrogen-bond donors (Lipinski definition) is 1. The highest BCUT2D eigenvalue weighted by Gasteiger charge is 2.21. The standard InChI is InChI=1S/C11H4BrF5N2/c12-4-1-2-6(5(13)3-4)18-9-7(14)10(16)19-11(17)8(9)15/h1-3H,(H,18,19). The van der Waals surface area contributed by atoms with Crippen LogP contribution in [-0.2, 0) is 0 Å². The molecule has 0 radical (unpaired) electrons. The van der Waals surface area contributed by atoms with Gasteiger partial charge in [0.2, 0.25) is 11.6 Å². The van der Waals surface area contributed by atoms with E-state index in [0.717, 1.165) is 12.1 Å². The average molecular weight is 339 g/mol. The molecule has 0 spiro atoms. The lowest BCUT2D eigenvalue weighted by Gasteiger charge is -2.10. The van der Waals surface area contributed by atoms with Gasteiger partial charge in [0.15, 0.2) is 0 Å². The van der Waals surface area contributed by atoms with Crippen molar-refractivity contribution in [3.8, 4) is 0 Å². The molecule has 1 aromatic carbocycles. The minimum atomic E-state index is -1.82. The van der Waals surface area contributed by atoms with Gasteiger partial charge < -0.3 is 5.32 Å². The Morgan fingerprint density at radius 1 is 0.947 bits per heavy atom. The summed E-state index contributed by atoms with van der Waals surface area (Å²) < 4.78 is 66.2. The molecule has 0 saturated heterocycles. The van der Waals surface area contributed by atoms with Crippen LogP contribution in [0.3, 0.4) is 0 Å². The summed E-state index contributed by atoms with van der Waals surface area (Å²) in [6.45, 7) is 0. The molecule has 1 aromatic heterocycles. The van der Waals surface area contributed by atoms with Crippen LogP contribution in [-0.4, -0.2) is 4.98 Å². The highest BCUT2D eigenvalue weighted by atomic mass is 79.9. The number of halogens is 6. The van der Waals surface area contributed by atoms with Gasteiger partial charge in [-0.3, -0.25) is 0 Å². The SMILES string of the molecule is Fc1cc(Br)ccc1Nc1c(F)c(F)nc(F)c1F. The Balaban J connectivity index is 2.49. The van der Waals surface area contributed by atoms with Crippen LogP contribution in [0.2, 0.25) is 0 Å². The predicted molar refractivity (Wildman–Crippen MR) is 61.5 cm³/mol. The lowest BCUT2D eigenvalue weighted by molar-refractivity contribution is 0.411. The molecule has 19 heavy (non-hydrogen) atoms. The van der Waals surface area contributed by atoms with Crippen molar-refractivity contribution in [2.75, 3.05) is 5.32 Å². The summed E-state index contributed by atoms with van der Waals surface area (Å²) >= 11 is 2.99. The Labute approximate surface area is 112 Å². The van der Waals surface area contributed by atoms with Crippen LogP contribution in [0.5, 0.6) is 0 Å². The number of anilines is 2. The molecule has 1 heterocycles. The van der Waals surface area contributed by atoms with Crippen LogP contribution in [0, 0.1) is 29.3 Å². The van der Waals surface area contributed by atoms with Gasteiger partial charge in [-0.1, -0.05) is 15.9 Å². The fourth-order valence-corrected chi connectivity index (χ4v) is 1.66. The van der Waals surface area contributed by atoms with Crippen LogP contribution in [0.1, 0.15) is 0 Å². The van der Waals surface area contributed by atoms with Crippen LogP contribution in [0.4, 0.5) is 33.3 Å². The van der Waals surface area contributed by atoms with E-state index in [0.29, 0.717) is 4.47 Å². The van der Waals surface area contributed by atoms with E-state index in [4.69, 9.17) is 0 Å². The number of pyridine rings is 1. The van der Waals surface area contributed by atoms with Crippen molar-refractivity contribution in [3.05, 3.63) is 52.0 Å². The molecular formula is C11H4BrF5N2. The monoisotopic (exact) mass is 338 g/mol. The van der Waals surface area contributed by atoms with Gasteiger partial charge in [-0.05, 0) is 18.2 Å². The first-order chi connectivity index (χ1) is 8.90. The molecule has 1 N–H and O–H groups in total. The van der Waals surface area contributed by atoms with Crippen molar-refractivity contribution in [2.45, 2.75) is 0 Å². The van der Waals surface area contributed by atoms with E-state index in [2.05, 4.69) is 20.9 Å². The molecule has 0 saturated carbocycles. The molecule has 2 aromatic rings. The number of rotatable bonds is 2. The second-order valence-corrected chi connectivity index (χ2v) is 4.36. The summed E-state index contributed by atoms with van der Waals surface area (Å²) in [5, 5.41) is 1.95. The van der Waals surface area contributed by atoms with Crippen molar-refractivity contribution in [1.82, 2.24) is 4.98 Å². The van der Waals surface area contributed by atoms with Gasteiger partial charge in [-0.2, -0.15) is 22.5 Å². The zero-order chi connectivity index (χ0) is 14.2. The van der Waals surface area contributed by atoms with Crippen LogP contribution in [0.15, 0.2) is 22.7 Å². The first-order valence-corrected chi connectivity index (χ1v) is 5.61. The number of benzene rings is 1. The summed E-state index contributed by atoms with van der Waals surface area (Å²) in [5.41, 5.74) is -1.49. The number of nitrogens with one attached hydrogen (secondary N) is 1. The summed E-state index contributed by atoms with van der Waals surface area (Å²) in [5.74, 6) is -7.97. The van der Waals surface area contributed by atoms with Gasteiger partial charge in [0, 0.05) is 4.47 Å². The molecule has 0 fully saturated rings. The third-order valence-corrected chi connectivity index (χ3v) is 2.68. The summed E-state index contributed by atoms with van der Waals surface area (Å²) in [6.07, 6.45) is 0. The third kappa shape index (κ3) is 2.67. The van der Waals surface area contributed by atoms with E-state index in [1.165, 1.54) is 6.07 Å². The van der Waals surface area contributed by atoms with E-state index >= 15 is 0 Å². The maximum atomic E-state index is 13.5. The number of hydrogen-bond acceptors (Lipinski definition) is 2. The van der Waals surface area contributed by atoms with Crippen molar-refractivity contribution >= 4 is 27.3 Å². The zero-order valence-electron chi connectivity index (χ0n) is 8.95. The molecule has 0 aliphatic heterocycles. The smallest absolute Gasteiger partial charge is 0.253 e. The average Bonchev–Trinajstić information content (AvgIpc) is 2.34. The molecular weight excluding hydrogens is 335 g/mol. The van der Waals surface area contributed by atoms with Crippen molar-refractivity contribution in [3.63, 3.8) is 0 Å². The molecule has 0 aliphatic carbocycles. The Morgan fingerprint density at radius 3 is 2.05 bits per heavy atom. The lowest BCUT2D eigenvalue weighted by atomic mass is 10.2. The second kappa shape index (κ2) is 5.12. The first kappa shape index (κ1) is 13.7. The van der Waals surface area contributed by atoms with Crippen molar-refractivity contribution < 1.29 is 22.0 Å². The highest BCUT2D eigenvalue weighted by molar-refractivity contribution is 9.10. The highest BCUT2D eigenvalue weighted by Crippen LogP contribution is 2.28. The zero-order valence-corrected chi connectivity index (χ0v) is 10.5. The molecule has 100 valence electrons. The predicted octanol–water partition coefficient (Wildman–Crippen LogP) is 4.28. The summed E-state index contributed by atoms with van der Waals surface area (Å²) in [4.78, 5) is 2.39. The first-order valence-electron chi connectivity index (χ1n) is 4.82. The van der Waals surface area contributed by atoms with Gasteiger partial charge in [-0.15, -0.1) is 0 Å². The molecule has 8 heteroatoms. The molecule has 0 unspecified atom stereocenters. The third-order valence-electron chi connectivity index (χ3n) is 2.19. The molecule has 0 aliphatic rings. The largest absolute Gasteiger partial charge is 0.348 e. The van der Waals surface area contributed by atoms with E-state index in [1.807, 2.05) is 5.32 Å². The van der Waals surface area contributed by atoms with Crippen molar-refractivity contribution in [1.29, 1.82) is 0 Å². The van der Waals surface area contributed by atoms with Gasteiger partial charge in [0.25, 0.3) is 11.9 Å². The van der Waals surface area contributed by atoms with Gasteiger partial charge in [0.05, 0.1) is 5.69 Å². The van der Waals surface area contributed by atoms with Crippen LogP contribution < -0.4 is 5.32 Å². The fraction of sp³-hybridized carbons (Fsp3) is 0. The maximum absolute atomic E-state index is 13.5. The minimum absolute atomic E-state index is 0.342. The van der Waals surface area contributed by atoms with E-state index < -0.39 is 35.0 Å². The normalized spacial score (nSPS) is 10.6. The topological polar surface area (TPSA) is 24.9 Å². The Kier molecular flexibility index (Phi) is 3.70. The van der Waals surface area contributed by atoms with Crippen molar-refractivity contribution in [2.24, 2.45) is 0 Å². The van der Waals surface area contributed by atoms with Crippen LogP contribution in [0.25, 0.3) is 0 Å².